The van der Waals surface area contributed by atoms with E-state index in [0.29, 0.717) is 25.6 Å². The molecule has 1 aromatic heterocycles. The minimum atomic E-state index is -4.03. The summed E-state index contributed by atoms with van der Waals surface area (Å²) in [5.74, 6) is 0. The first-order valence-electron chi connectivity index (χ1n) is 6.19. The summed E-state index contributed by atoms with van der Waals surface area (Å²) in [4.78, 5) is 0. The maximum absolute atomic E-state index is 11.9. The molecule has 0 aliphatic heterocycles. The molecule has 0 spiro atoms. The lowest BCUT2D eigenvalue weighted by Crippen LogP contribution is -2.15. The first-order chi connectivity index (χ1) is 8.38. The van der Waals surface area contributed by atoms with E-state index in [1.165, 1.54) is 0 Å². The van der Waals surface area contributed by atoms with Crippen LogP contribution in [0.15, 0.2) is 12.4 Å². The molecule has 6 heteroatoms. The molecular weight excluding hydrogens is 243 g/mol. The largest absolute Gasteiger partial charge is 0.389 e. The molecule has 0 aliphatic carbocycles. The predicted octanol–water partition coefficient (Wildman–Crippen LogP) is 3.29. The molecule has 1 aromatic rings. The van der Waals surface area contributed by atoms with Gasteiger partial charge in [-0.15, -0.1) is 0 Å². The van der Waals surface area contributed by atoms with Gasteiger partial charge < -0.3 is 5.32 Å². The van der Waals surface area contributed by atoms with Gasteiger partial charge in [0.05, 0.1) is 6.20 Å². The molecule has 18 heavy (non-hydrogen) atoms. The number of alkyl halides is 3. The van der Waals surface area contributed by atoms with E-state index in [9.17, 15) is 13.2 Å². The van der Waals surface area contributed by atoms with Crippen molar-refractivity contribution in [1.29, 1.82) is 0 Å². The van der Waals surface area contributed by atoms with Gasteiger partial charge in [-0.05, 0) is 33.2 Å². The Morgan fingerprint density at radius 2 is 2.06 bits per heavy atom. The van der Waals surface area contributed by atoms with Crippen LogP contribution in [-0.2, 0) is 6.54 Å². The lowest BCUT2D eigenvalue weighted by molar-refractivity contribution is -0.135. The Bertz CT molecular complexity index is 345. The fraction of sp³-hybridized carbons (Fsp3) is 0.750. The minimum absolute atomic E-state index is 0.182. The molecule has 0 atom stereocenters. The van der Waals surface area contributed by atoms with Crippen LogP contribution in [0.4, 0.5) is 13.2 Å². The lowest BCUT2D eigenvalue weighted by atomic mass is 10.2. The van der Waals surface area contributed by atoms with E-state index in [4.69, 9.17) is 0 Å². The number of hydrogen-bond donors (Lipinski definition) is 1. The van der Waals surface area contributed by atoms with E-state index in [-0.39, 0.29) is 6.42 Å². The normalized spacial score (nSPS) is 12.3. The van der Waals surface area contributed by atoms with Crippen molar-refractivity contribution < 1.29 is 13.2 Å². The maximum atomic E-state index is 11.9. The Kier molecular flexibility index (Phi) is 5.65. The second-order valence-corrected chi connectivity index (χ2v) is 4.67. The quantitative estimate of drug-likeness (QED) is 0.765. The summed E-state index contributed by atoms with van der Waals surface area (Å²) >= 11 is 0. The number of aromatic nitrogens is 2. The number of unbranched alkanes of at least 4 members (excludes halogenated alkanes) is 1. The second-order valence-electron chi connectivity index (χ2n) is 4.67. The Labute approximate surface area is 105 Å². The average molecular weight is 263 g/mol. The topological polar surface area (TPSA) is 29.9 Å². The highest BCUT2D eigenvalue weighted by atomic mass is 19.4. The number of rotatable bonds is 7. The van der Waals surface area contributed by atoms with Gasteiger partial charge in [0.2, 0.25) is 0 Å². The molecule has 1 rings (SSSR count). The van der Waals surface area contributed by atoms with Crippen LogP contribution in [0.2, 0.25) is 0 Å². The van der Waals surface area contributed by atoms with E-state index in [0.717, 1.165) is 5.56 Å². The van der Waals surface area contributed by atoms with Crippen molar-refractivity contribution in [3.05, 3.63) is 18.0 Å². The van der Waals surface area contributed by atoms with Gasteiger partial charge >= 0.3 is 6.18 Å². The summed E-state index contributed by atoms with van der Waals surface area (Å²) in [5.41, 5.74) is 1.06. The van der Waals surface area contributed by atoms with Gasteiger partial charge in [0.1, 0.15) is 0 Å². The molecule has 0 radical (unpaired) electrons. The number of halogens is 3. The molecular formula is C12H20F3N3. The summed E-state index contributed by atoms with van der Waals surface area (Å²) in [6.45, 7) is 5.34. The van der Waals surface area contributed by atoms with E-state index in [1.807, 2.05) is 24.7 Å². The van der Waals surface area contributed by atoms with E-state index in [1.54, 1.807) is 6.20 Å². The average Bonchev–Trinajstić information content (AvgIpc) is 2.70. The summed E-state index contributed by atoms with van der Waals surface area (Å²) in [7, 11) is 0. The van der Waals surface area contributed by atoms with Crippen LogP contribution in [0.25, 0.3) is 0 Å². The molecule has 1 heterocycles. The molecule has 0 saturated carbocycles. The standard InChI is InChI=1S/C12H20F3N3/c1-10(2)18-9-11(8-17-18)7-16-6-4-3-5-12(13,14)15/h8-10,16H,3-7H2,1-2H3. The van der Waals surface area contributed by atoms with E-state index < -0.39 is 12.6 Å². The zero-order chi connectivity index (χ0) is 13.6. The van der Waals surface area contributed by atoms with Crippen LogP contribution in [0, 0.1) is 0 Å². The molecule has 0 aromatic carbocycles. The first kappa shape index (κ1) is 15.0. The van der Waals surface area contributed by atoms with Crippen molar-refractivity contribution in [1.82, 2.24) is 15.1 Å². The van der Waals surface area contributed by atoms with Crippen LogP contribution < -0.4 is 5.32 Å². The Balaban J connectivity index is 2.10. The molecule has 0 aliphatic rings. The van der Waals surface area contributed by atoms with Crippen molar-refractivity contribution in [3.8, 4) is 0 Å². The maximum Gasteiger partial charge on any atom is 0.389 e. The van der Waals surface area contributed by atoms with Crippen LogP contribution in [-0.4, -0.2) is 22.5 Å². The SMILES string of the molecule is CC(C)n1cc(CNCCCCC(F)(F)F)cn1. The zero-order valence-electron chi connectivity index (χ0n) is 10.8. The van der Waals surface area contributed by atoms with Crippen LogP contribution in [0.3, 0.4) is 0 Å². The van der Waals surface area contributed by atoms with Gasteiger partial charge in [0.25, 0.3) is 0 Å². The third-order valence-electron chi connectivity index (χ3n) is 2.58. The fourth-order valence-corrected chi connectivity index (χ4v) is 1.56. The monoisotopic (exact) mass is 263 g/mol. The highest BCUT2D eigenvalue weighted by Gasteiger charge is 2.25. The second kappa shape index (κ2) is 6.78. The number of nitrogens with zero attached hydrogens (tertiary/aromatic N) is 2. The van der Waals surface area contributed by atoms with Crippen LogP contribution in [0.1, 0.15) is 44.7 Å². The number of nitrogens with one attached hydrogen (secondary N) is 1. The Morgan fingerprint density at radius 1 is 1.33 bits per heavy atom. The smallest absolute Gasteiger partial charge is 0.313 e. The van der Waals surface area contributed by atoms with Crippen molar-refractivity contribution >= 4 is 0 Å². The van der Waals surface area contributed by atoms with Crippen molar-refractivity contribution in [2.75, 3.05) is 6.54 Å². The zero-order valence-corrected chi connectivity index (χ0v) is 10.8. The molecule has 0 fully saturated rings. The van der Waals surface area contributed by atoms with Gasteiger partial charge in [-0.1, -0.05) is 0 Å². The highest BCUT2D eigenvalue weighted by Crippen LogP contribution is 2.21. The summed E-state index contributed by atoms with van der Waals surface area (Å²) in [6.07, 6.45) is -0.270. The molecule has 0 saturated heterocycles. The van der Waals surface area contributed by atoms with Gasteiger partial charge in [-0.25, -0.2) is 0 Å². The molecule has 104 valence electrons. The van der Waals surface area contributed by atoms with Crippen LogP contribution in [0.5, 0.6) is 0 Å². The predicted molar refractivity (Wildman–Crippen MR) is 64.2 cm³/mol. The van der Waals surface area contributed by atoms with Gasteiger partial charge in [-0.3, -0.25) is 4.68 Å². The van der Waals surface area contributed by atoms with E-state index >= 15 is 0 Å². The lowest BCUT2D eigenvalue weighted by Gasteiger charge is -2.06. The molecule has 0 unspecified atom stereocenters. The summed E-state index contributed by atoms with van der Waals surface area (Å²) in [6, 6.07) is 0.325. The summed E-state index contributed by atoms with van der Waals surface area (Å²) < 4.78 is 37.5. The van der Waals surface area contributed by atoms with Gasteiger partial charge in [0, 0.05) is 30.8 Å². The molecule has 1 N–H and O–H groups in total. The van der Waals surface area contributed by atoms with Crippen molar-refractivity contribution in [3.63, 3.8) is 0 Å². The fourth-order valence-electron chi connectivity index (χ4n) is 1.56. The Hall–Kier alpha value is -1.04. The van der Waals surface area contributed by atoms with Gasteiger partial charge in [-0.2, -0.15) is 18.3 Å². The molecule has 0 bridgehead atoms. The summed E-state index contributed by atoms with van der Waals surface area (Å²) in [5, 5.41) is 7.31. The third kappa shape index (κ3) is 6.05. The van der Waals surface area contributed by atoms with Gasteiger partial charge in [0.15, 0.2) is 0 Å². The molecule has 0 amide bonds. The first-order valence-corrected chi connectivity index (χ1v) is 6.19. The van der Waals surface area contributed by atoms with Crippen molar-refractivity contribution in [2.24, 2.45) is 0 Å². The highest BCUT2D eigenvalue weighted by molar-refractivity contribution is 5.03. The number of hydrogen-bond acceptors (Lipinski definition) is 2. The Morgan fingerprint density at radius 3 is 2.61 bits per heavy atom. The van der Waals surface area contributed by atoms with Crippen molar-refractivity contribution in [2.45, 2.75) is 51.9 Å². The third-order valence-corrected chi connectivity index (χ3v) is 2.58. The van der Waals surface area contributed by atoms with Crippen LogP contribution >= 0.6 is 0 Å². The molecule has 3 nitrogen and oxygen atoms in total. The minimum Gasteiger partial charge on any atom is -0.313 e. The van der Waals surface area contributed by atoms with E-state index in [2.05, 4.69) is 10.4 Å².